The minimum Gasteiger partial charge on any atom is -0.371 e. The summed E-state index contributed by atoms with van der Waals surface area (Å²) in [5.74, 6) is 0.340. The molecule has 0 fully saturated rings. The molecule has 53 valence electrons. The van der Waals surface area contributed by atoms with E-state index in [0.29, 0.717) is 5.84 Å². The molecule has 0 spiro atoms. The summed E-state index contributed by atoms with van der Waals surface area (Å²) < 4.78 is 0. The van der Waals surface area contributed by atoms with Gasteiger partial charge in [0.2, 0.25) is 6.29 Å². The lowest BCUT2D eigenvalue weighted by Crippen LogP contribution is -2.26. The number of nitrogens with zero attached hydrogens (tertiary/aromatic N) is 1. The lowest BCUT2D eigenvalue weighted by molar-refractivity contribution is 0.549. The molecule has 1 N–H and O–H groups in total. The molecule has 10 heavy (non-hydrogen) atoms. The van der Waals surface area contributed by atoms with E-state index < -0.39 is 0 Å². The molecule has 1 unspecified atom stereocenters. The lowest BCUT2D eigenvalue weighted by atomic mass is 10.1. The third-order valence-corrected chi connectivity index (χ3v) is 1.36. The van der Waals surface area contributed by atoms with E-state index in [9.17, 15) is 4.79 Å². The van der Waals surface area contributed by atoms with Crippen molar-refractivity contribution >= 4 is 12.1 Å². The van der Waals surface area contributed by atoms with Gasteiger partial charge in [-0.2, -0.15) is 0 Å². The fraction of sp³-hybridized carbons (Fsp3) is 0.429. The fourth-order valence-electron chi connectivity index (χ4n) is 0.840. The molecule has 1 aliphatic rings. The first-order valence-electron chi connectivity index (χ1n) is 3.17. The Kier molecular flexibility index (Phi) is 2.20. The Morgan fingerprint density at radius 2 is 2.70 bits per heavy atom. The van der Waals surface area contributed by atoms with Gasteiger partial charge in [0.1, 0.15) is 11.8 Å². The van der Waals surface area contributed by atoms with Crippen LogP contribution in [0.3, 0.4) is 0 Å². The summed E-state index contributed by atoms with van der Waals surface area (Å²) in [4.78, 5) is 14.3. The summed E-state index contributed by atoms with van der Waals surface area (Å²) in [5.41, 5.74) is 0. The van der Waals surface area contributed by atoms with Crippen LogP contribution in [-0.4, -0.2) is 25.2 Å². The van der Waals surface area contributed by atoms with Gasteiger partial charge in [0, 0.05) is 6.54 Å². The molecule has 0 aromatic heterocycles. The van der Waals surface area contributed by atoms with Crippen molar-refractivity contribution in [1.29, 1.82) is 0 Å². The Morgan fingerprint density at radius 3 is 3.10 bits per heavy atom. The maximum Gasteiger partial charge on any atom is 0.213 e. The van der Waals surface area contributed by atoms with Crippen molar-refractivity contribution in [2.75, 3.05) is 13.1 Å². The first-order valence-corrected chi connectivity index (χ1v) is 3.17. The van der Waals surface area contributed by atoms with Crippen LogP contribution in [0.4, 0.5) is 0 Å². The Morgan fingerprint density at radius 1 is 1.90 bits per heavy atom. The number of carbonyl (C=O) groups excluding carboxylic acids is 1. The summed E-state index contributed by atoms with van der Waals surface area (Å²) in [6, 6.07) is 0. The van der Waals surface area contributed by atoms with E-state index in [2.05, 4.69) is 16.9 Å². The van der Waals surface area contributed by atoms with Crippen molar-refractivity contribution in [2.24, 2.45) is 10.9 Å². The molecule has 1 aliphatic heterocycles. The Balaban J connectivity index is 2.60. The van der Waals surface area contributed by atoms with Crippen LogP contribution in [0.15, 0.2) is 17.6 Å². The SMILES string of the molecule is C=CC([C]=O)C1=NCCN1. The minimum absolute atomic E-state index is 0.359. The first kappa shape index (κ1) is 6.99. The average molecular weight is 137 g/mol. The van der Waals surface area contributed by atoms with E-state index in [1.54, 1.807) is 0 Å². The molecule has 0 saturated heterocycles. The van der Waals surface area contributed by atoms with E-state index in [-0.39, 0.29) is 5.92 Å². The van der Waals surface area contributed by atoms with E-state index in [0.717, 1.165) is 13.1 Å². The van der Waals surface area contributed by atoms with Crippen molar-refractivity contribution in [3.8, 4) is 0 Å². The number of amidine groups is 1. The van der Waals surface area contributed by atoms with Crippen molar-refractivity contribution in [2.45, 2.75) is 0 Å². The molecule has 1 radical (unpaired) electrons. The maximum atomic E-state index is 10.2. The van der Waals surface area contributed by atoms with E-state index in [4.69, 9.17) is 0 Å². The van der Waals surface area contributed by atoms with Gasteiger partial charge < -0.3 is 5.32 Å². The number of hydrogen-bond donors (Lipinski definition) is 1. The Hall–Kier alpha value is -1.12. The van der Waals surface area contributed by atoms with Gasteiger partial charge in [-0.05, 0) is 0 Å². The number of hydrogen-bond acceptors (Lipinski definition) is 3. The fourth-order valence-corrected chi connectivity index (χ4v) is 0.840. The highest BCUT2D eigenvalue weighted by Crippen LogP contribution is 1.98. The molecule has 0 aromatic carbocycles. The predicted octanol–water partition coefficient (Wildman–Crippen LogP) is -0.100. The zero-order valence-electron chi connectivity index (χ0n) is 5.63. The smallest absolute Gasteiger partial charge is 0.213 e. The van der Waals surface area contributed by atoms with Crippen molar-refractivity contribution < 1.29 is 4.79 Å². The summed E-state index contributed by atoms with van der Waals surface area (Å²) in [6.45, 7) is 5.07. The number of rotatable bonds is 3. The molecule has 1 rings (SSSR count). The van der Waals surface area contributed by atoms with Crippen LogP contribution in [0.1, 0.15) is 0 Å². The molecule has 3 nitrogen and oxygen atoms in total. The quantitative estimate of drug-likeness (QED) is 0.552. The van der Waals surface area contributed by atoms with Crippen LogP contribution in [0.2, 0.25) is 0 Å². The molecular formula is C7H9N2O. The van der Waals surface area contributed by atoms with Crippen LogP contribution in [0.25, 0.3) is 0 Å². The zero-order valence-corrected chi connectivity index (χ0v) is 5.63. The van der Waals surface area contributed by atoms with E-state index in [1.165, 1.54) is 6.08 Å². The molecular weight excluding hydrogens is 128 g/mol. The maximum absolute atomic E-state index is 10.2. The van der Waals surface area contributed by atoms with Gasteiger partial charge in [0.05, 0.1) is 6.54 Å². The van der Waals surface area contributed by atoms with Crippen molar-refractivity contribution in [3.05, 3.63) is 12.7 Å². The topological polar surface area (TPSA) is 41.5 Å². The molecule has 3 heteroatoms. The van der Waals surface area contributed by atoms with Crippen LogP contribution < -0.4 is 5.32 Å². The first-order chi connectivity index (χ1) is 4.88. The lowest BCUT2D eigenvalue weighted by Gasteiger charge is -2.02. The molecule has 1 heterocycles. The second-order valence-corrected chi connectivity index (χ2v) is 2.02. The van der Waals surface area contributed by atoms with Gasteiger partial charge in [-0.1, -0.05) is 6.08 Å². The van der Waals surface area contributed by atoms with Crippen LogP contribution in [0.5, 0.6) is 0 Å². The number of nitrogens with one attached hydrogen (secondary N) is 1. The molecule has 0 bridgehead atoms. The number of aliphatic imine (C=N–C) groups is 1. The largest absolute Gasteiger partial charge is 0.371 e. The molecule has 1 atom stereocenters. The van der Waals surface area contributed by atoms with Crippen LogP contribution in [-0.2, 0) is 4.79 Å². The van der Waals surface area contributed by atoms with Gasteiger partial charge in [0.15, 0.2) is 0 Å². The normalized spacial score (nSPS) is 19.0. The predicted molar refractivity (Wildman–Crippen MR) is 39.7 cm³/mol. The minimum atomic E-state index is -0.359. The zero-order chi connectivity index (χ0) is 7.40. The molecule has 0 amide bonds. The summed E-state index contributed by atoms with van der Waals surface area (Å²) in [5, 5.41) is 2.97. The van der Waals surface area contributed by atoms with Crippen molar-refractivity contribution in [3.63, 3.8) is 0 Å². The summed E-state index contributed by atoms with van der Waals surface area (Å²) in [7, 11) is 0. The molecule has 0 saturated carbocycles. The second-order valence-electron chi connectivity index (χ2n) is 2.02. The third-order valence-electron chi connectivity index (χ3n) is 1.36. The highest BCUT2D eigenvalue weighted by molar-refractivity contribution is 5.98. The van der Waals surface area contributed by atoms with E-state index >= 15 is 0 Å². The van der Waals surface area contributed by atoms with Gasteiger partial charge >= 0.3 is 0 Å². The standard InChI is InChI=1S/C7H9N2O/c1-2-6(5-10)7-8-3-4-9-7/h2,6H,1,3-4H2,(H,8,9). The van der Waals surface area contributed by atoms with Crippen molar-refractivity contribution in [1.82, 2.24) is 5.32 Å². The van der Waals surface area contributed by atoms with Gasteiger partial charge in [-0.25, -0.2) is 0 Å². The van der Waals surface area contributed by atoms with Crippen LogP contribution in [0, 0.1) is 5.92 Å². The summed E-state index contributed by atoms with van der Waals surface area (Å²) >= 11 is 0. The average Bonchev–Trinajstić information content (AvgIpc) is 2.43. The highest BCUT2D eigenvalue weighted by atomic mass is 16.1. The van der Waals surface area contributed by atoms with Gasteiger partial charge in [-0.15, -0.1) is 6.58 Å². The summed E-state index contributed by atoms with van der Waals surface area (Å²) in [6.07, 6.45) is 3.36. The molecule has 0 aliphatic carbocycles. The third kappa shape index (κ3) is 1.23. The van der Waals surface area contributed by atoms with Crippen LogP contribution >= 0.6 is 0 Å². The Labute approximate surface area is 59.8 Å². The monoisotopic (exact) mass is 137 g/mol. The van der Waals surface area contributed by atoms with Gasteiger partial charge in [-0.3, -0.25) is 9.79 Å². The second kappa shape index (κ2) is 3.15. The highest BCUT2D eigenvalue weighted by Gasteiger charge is 2.14. The molecule has 0 aromatic rings. The van der Waals surface area contributed by atoms with Gasteiger partial charge in [0.25, 0.3) is 0 Å². The Bertz CT molecular complexity index is 166. The van der Waals surface area contributed by atoms with E-state index in [1.807, 2.05) is 6.29 Å².